The molecule has 1 aliphatic rings. The van der Waals surface area contributed by atoms with Gasteiger partial charge in [0.05, 0.1) is 6.04 Å². The van der Waals surface area contributed by atoms with E-state index in [1.54, 1.807) is 0 Å². The number of anilines is 1. The van der Waals surface area contributed by atoms with Gasteiger partial charge in [0, 0.05) is 17.3 Å². The maximum atomic E-state index is 6.06. The molecule has 0 amide bonds. The lowest BCUT2D eigenvalue weighted by Crippen LogP contribution is -2.25. The number of halogens is 1. The predicted octanol–water partition coefficient (Wildman–Crippen LogP) is 4.63. The number of hydrogen-bond acceptors (Lipinski definition) is 1. The molecule has 0 N–H and O–H groups in total. The second-order valence-corrected chi connectivity index (χ2v) is 5.24. The molecular formula is C17H16ClN. The molecule has 19 heavy (non-hydrogen) atoms. The minimum absolute atomic E-state index is 0.226. The van der Waals surface area contributed by atoms with Crippen LogP contribution in [0.2, 0.25) is 5.02 Å². The van der Waals surface area contributed by atoms with Crippen LogP contribution in [0.5, 0.6) is 0 Å². The lowest BCUT2D eigenvalue weighted by molar-refractivity contribution is 0.754. The van der Waals surface area contributed by atoms with E-state index in [9.17, 15) is 0 Å². The lowest BCUT2D eigenvalue weighted by Gasteiger charge is -2.28. The molecule has 0 saturated carbocycles. The van der Waals surface area contributed by atoms with Gasteiger partial charge < -0.3 is 4.90 Å². The Labute approximate surface area is 119 Å². The molecule has 0 fully saturated rings. The van der Waals surface area contributed by atoms with Crippen LogP contribution in [-0.2, 0) is 6.42 Å². The standard InChI is InChI=1S/C17H16ClN/c1-2-16(13-6-4-3-5-7-13)19-11-10-14-12-15(18)8-9-17(14)19/h2-9,12,16H,1,10-11H2/t16-/m0/s1. The fourth-order valence-electron chi connectivity index (χ4n) is 2.78. The average Bonchev–Trinajstić information content (AvgIpc) is 2.84. The summed E-state index contributed by atoms with van der Waals surface area (Å²) in [6.07, 6.45) is 3.06. The Bertz CT molecular complexity index is 591. The normalized spacial score (nSPS) is 15.1. The van der Waals surface area contributed by atoms with E-state index in [0.717, 1.165) is 18.0 Å². The van der Waals surface area contributed by atoms with Crippen molar-refractivity contribution in [1.82, 2.24) is 0 Å². The van der Waals surface area contributed by atoms with Crippen molar-refractivity contribution in [2.24, 2.45) is 0 Å². The maximum absolute atomic E-state index is 6.06. The largest absolute Gasteiger partial charge is 0.360 e. The Morgan fingerprint density at radius 1 is 1.16 bits per heavy atom. The summed E-state index contributed by atoms with van der Waals surface area (Å²) in [6, 6.07) is 16.9. The second kappa shape index (κ2) is 5.10. The van der Waals surface area contributed by atoms with Gasteiger partial charge in [0.1, 0.15) is 0 Å². The molecule has 1 aliphatic heterocycles. The molecule has 2 aromatic carbocycles. The Balaban J connectivity index is 1.98. The molecule has 0 saturated heterocycles. The number of fused-ring (bicyclic) bond motifs is 1. The van der Waals surface area contributed by atoms with Gasteiger partial charge in [0.15, 0.2) is 0 Å². The number of hydrogen-bond donors (Lipinski definition) is 0. The van der Waals surface area contributed by atoms with E-state index in [-0.39, 0.29) is 6.04 Å². The Kier molecular flexibility index (Phi) is 3.31. The molecule has 0 spiro atoms. The lowest BCUT2D eigenvalue weighted by atomic mass is 10.1. The molecule has 0 radical (unpaired) electrons. The highest BCUT2D eigenvalue weighted by atomic mass is 35.5. The fourth-order valence-corrected chi connectivity index (χ4v) is 2.97. The minimum atomic E-state index is 0.226. The van der Waals surface area contributed by atoms with Crippen LogP contribution in [0.15, 0.2) is 61.2 Å². The fraction of sp³-hybridized carbons (Fsp3) is 0.176. The average molecular weight is 270 g/mol. The Morgan fingerprint density at radius 3 is 2.68 bits per heavy atom. The third-order valence-corrected chi connectivity index (χ3v) is 3.91. The van der Waals surface area contributed by atoms with Gasteiger partial charge in [-0.15, -0.1) is 6.58 Å². The highest BCUT2D eigenvalue weighted by Crippen LogP contribution is 2.36. The van der Waals surface area contributed by atoms with Crippen molar-refractivity contribution in [3.8, 4) is 0 Å². The second-order valence-electron chi connectivity index (χ2n) is 4.81. The van der Waals surface area contributed by atoms with Crippen LogP contribution in [0.25, 0.3) is 0 Å². The van der Waals surface area contributed by atoms with Gasteiger partial charge >= 0.3 is 0 Å². The first-order valence-corrected chi connectivity index (χ1v) is 6.90. The van der Waals surface area contributed by atoms with Gasteiger partial charge in [-0.25, -0.2) is 0 Å². The summed E-state index contributed by atoms with van der Waals surface area (Å²) in [5.74, 6) is 0. The van der Waals surface area contributed by atoms with Crippen LogP contribution >= 0.6 is 11.6 Å². The smallest absolute Gasteiger partial charge is 0.0724 e. The van der Waals surface area contributed by atoms with Crippen LogP contribution in [0.1, 0.15) is 17.2 Å². The molecule has 0 unspecified atom stereocenters. The summed E-state index contributed by atoms with van der Waals surface area (Å²) in [4.78, 5) is 2.40. The summed E-state index contributed by atoms with van der Waals surface area (Å²) in [5.41, 5.74) is 3.88. The van der Waals surface area contributed by atoms with E-state index in [1.807, 2.05) is 18.2 Å². The molecule has 2 heteroatoms. The van der Waals surface area contributed by atoms with Crippen LogP contribution in [0, 0.1) is 0 Å². The summed E-state index contributed by atoms with van der Waals surface area (Å²) < 4.78 is 0. The molecule has 1 atom stereocenters. The number of benzene rings is 2. The van der Waals surface area contributed by atoms with Gasteiger partial charge in [-0.1, -0.05) is 48.0 Å². The van der Waals surface area contributed by atoms with Crippen molar-refractivity contribution < 1.29 is 0 Å². The molecule has 0 bridgehead atoms. The summed E-state index contributed by atoms with van der Waals surface area (Å²) >= 11 is 6.06. The van der Waals surface area contributed by atoms with Crippen molar-refractivity contribution in [3.05, 3.63) is 77.3 Å². The van der Waals surface area contributed by atoms with Crippen molar-refractivity contribution in [2.75, 3.05) is 11.4 Å². The first-order chi connectivity index (χ1) is 9.29. The van der Waals surface area contributed by atoms with Gasteiger partial charge in [-0.05, 0) is 35.7 Å². The molecular weight excluding hydrogens is 254 g/mol. The zero-order chi connectivity index (χ0) is 13.2. The summed E-state index contributed by atoms with van der Waals surface area (Å²) in [7, 11) is 0. The van der Waals surface area contributed by atoms with Gasteiger partial charge in [0.25, 0.3) is 0 Å². The van der Waals surface area contributed by atoms with Crippen LogP contribution < -0.4 is 4.90 Å². The highest BCUT2D eigenvalue weighted by molar-refractivity contribution is 6.30. The molecule has 0 aromatic heterocycles. The summed E-state index contributed by atoms with van der Waals surface area (Å²) in [5, 5.41) is 0.815. The predicted molar refractivity (Wildman–Crippen MR) is 81.9 cm³/mol. The zero-order valence-corrected chi connectivity index (χ0v) is 11.5. The molecule has 3 rings (SSSR count). The SMILES string of the molecule is C=C[C@@H](c1ccccc1)N1CCc2cc(Cl)ccc21. The molecule has 1 heterocycles. The van der Waals surface area contributed by atoms with E-state index in [4.69, 9.17) is 11.6 Å². The summed E-state index contributed by atoms with van der Waals surface area (Å²) in [6.45, 7) is 5.02. The number of nitrogens with zero attached hydrogens (tertiary/aromatic N) is 1. The van der Waals surface area contributed by atoms with E-state index < -0.39 is 0 Å². The maximum Gasteiger partial charge on any atom is 0.0724 e. The minimum Gasteiger partial charge on any atom is -0.360 e. The molecule has 2 aromatic rings. The topological polar surface area (TPSA) is 3.24 Å². The van der Waals surface area contributed by atoms with Gasteiger partial charge in [-0.2, -0.15) is 0 Å². The van der Waals surface area contributed by atoms with Crippen molar-refractivity contribution in [2.45, 2.75) is 12.5 Å². The monoisotopic (exact) mass is 269 g/mol. The third-order valence-electron chi connectivity index (χ3n) is 3.67. The molecule has 0 aliphatic carbocycles. The van der Waals surface area contributed by atoms with Gasteiger partial charge in [0.2, 0.25) is 0 Å². The molecule has 1 nitrogen and oxygen atoms in total. The van der Waals surface area contributed by atoms with Crippen LogP contribution in [-0.4, -0.2) is 6.54 Å². The first-order valence-electron chi connectivity index (χ1n) is 6.52. The van der Waals surface area contributed by atoms with Crippen molar-refractivity contribution >= 4 is 17.3 Å². The highest BCUT2D eigenvalue weighted by Gasteiger charge is 2.25. The van der Waals surface area contributed by atoms with E-state index >= 15 is 0 Å². The van der Waals surface area contributed by atoms with Crippen LogP contribution in [0.4, 0.5) is 5.69 Å². The Hall–Kier alpha value is -1.73. The van der Waals surface area contributed by atoms with E-state index in [0.29, 0.717) is 0 Å². The number of rotatable bonds is 3. The quantitative estimate of drug-likeness (QED) is 0.735. The molecule has 96 valence electrons. The third kappa shape index (κ3) is 2.26. The van der Waals surface area contributed by atoms with E-state index in [2.05, 4.69) is 47.9 Å². The zero-order valence-electron chi connectivity index (χ0n) is 10.7. The first kappa shape index (κ1) is 12.3. The van der Waals surface area contributed by atoms with Gasteiger partial charge in [-0.3, -0.25) is 0 Å². The Morgan fingerprint density at radius 2 is 1.95 bits per heavy atom. The van der Waals surface area contributed by atoms with Crippen molar-refractivity contribution in [1.29, 1.82) is 0 Å². The van der Waals surface area contributed by atoms with Crippen molar-refractivity contribution in [3.63, 3.8) is 0 Å². The van der Waals surface area contributed by atoms with E-state index in [1.165, 1.54) is 16.8 Å². The van der Waals surface area contributed by atoms with Crippen LogP contribution in [0.3, 0.4) is 0 Å².